The first-order valence-electron chi connectivity index (χ1n) is 5.78. The Morgan fingerprint density at radius 1 is 1.55 bits per heavy atom. The number of rotatable bonds is 6. The molecule has 2 rings (SSSR count). The predicted molar refractivity (Wildman–Crippen MR) is 69.9 cm³/mol. The van der Waals surface area contributed by atoms with E-state index in [2.05, 4.69) is 14.8 Å². The normalized spacial score (nSPS) is 11.7. The summed E-state index contributed by atoms with van der Waals surface area (Å²) in [6.45, 7) is 0.204. The molecule has 0 radical (unpaired) electrons. The van der Waals surface area contributed by atoms with Gasteiger partial charge in [-0.3, -0.25) is 4.68 Å². The summed E-state index contributed by atoms with van der Waals surface area (Å²) in [5.74, 6) is -1.21. The number of carboxylic acid groups (broad SMARTS) is 1. The van der Waals surface area contributed by atoms with Crippen molar-refractivity contribution < 1.29 is 18.3 Å². The molecule has 2 aromatic heterocycles. The van der Waals surface area contributed by atoms with E-state index >= 15 is 0 Å². The number of nitrogens with zero attached hydrogens (tertiary/aromatic N) is 2. The lowest BCUT2D eigenvalue weighted by Gasteiger charge is -2.05. The summed E-state index contributed by atoms with van der Waals surface area (Å²) in [4.78, 5) is 13.0. The van der Waals surface area contributed by atoms with Gasteiger partial charge in [-0.05, 0) is 12.1 Å². The fraction of sp³-hybridized carbons (Fsp3) is 0.273. The third-order valence-electron chi connectivity index (χ3n) is 2.79. The molecule has 0 aliphatic rings. The minimum atomic E-state index is -3.71. The van der Waals surface area contributed by atoms with Crippen LogP contribution in [0.5, 0.6) is 0 Å². The second-order valence-electron chi connectivity index (χ2n) is 4.15. The van der Waals surface area contributed by atoms with Crippen molar-refractivity contribution in [1.82, 2.24) is 19.5 Å². The summed E-state index contributed by atoms with van der Waals surface area (Å²) in [5.41, 5.74) is 0.727. The zero-order valence-electron chi connectivity index (χ0n) is 10.7. The molecule has 0 spiro atoms. The fourth-order valence-corrected chi connectivity index (χ4v) is 2.72. The van der Waals surface area contributed by atoms with Crippen LogP contribution in [-0.2, 0) is 23.5 Å². The number of hydrogen-bond donors (Lipinski definition) is 3. The largest absolute Gasteiger partial charge is 0.477 e. The molecule has 0 bridgehead atoms. The highest BCUT2D eigenvalue weighted by atomic mass is 32.2. The van der Waals surface area contributed by atoms with Crippen molar-refractivity contribution in [1.29, 1.82) is 0 Å². The number of hydrogen-bond acceptors (Lipinski definition) is 4. The Morgan fingerprint density at radius 2 is 2.30 bits per heavy atom. The standard InChI is InChI=1S/C11H14N4O4S/c1-15-8(2-4-13-15)3-5-14-20(18,19)9-6-10(11(16)17)12-7-9/h2,4,6-7,12,14H,3,5H2,1H3,(H,16,17). The first-order valence-corrected chi connectivity index (χ1v) is 7.27. The van der Waals surface area contributed by atoms with Gasteiger partial charge in [-0.25, -0.2) is 17.9 Å². The summed E-state index contributed by atoms with van der Waals surface area (Å²) in [5, 5.41) is 12.7. The SMILES string of the molecule is Cn1nccc1CCNS(=O)(=O)c1c[nH]c(C(=O)O)c1. The van der Waals surface area contributed by atoms with Crippen LogP contribution >= 0.6 is 0 Å². The van der Waals surface area contributed by atoms with Crippen molar-refractivity contribution in [2.75, 3.05) is 6.54 Å². The molecule has 0 saturated heterocycles. The zero-order chi connectivity index (χ0) is 14.8. The second kappa shape index (κ2) is 5.47. The Bertz CT molecular complexity index is 716. The highest BCUT2D eigenvalue weighted by Crippen LogP contribution is 2.10. The molecule has 0 unspecified atom stereocenters. The molecule has 0 fully saturated rings. The van der Waals surface area contributed by atoms with Crippen LogP contribution in [0.3, 0.4) is 0 Å². The van der Waals surface area contributed by atoms with Gasteiger partial charge in [0.25, 0.3) is 0 Å². The van der Waals surface area contributed by atoms with E-state index in [-0.39, 0.29) is 17.1 Å². The molecule has 9 heteroatoms. The predicted octanol–water partition coefficient (Wildman–Crippen LogP) is -0.0326. The van der Waals surface area contributed by atoms with Crippen LogP contribution in [0, 0.1) is 0 Å². The minimum Gasteiger partial charge on any atom is -0.477 e. The topological polar surface area (TPSA) is 117 Å². The van der Waals surface area contributed by atoms with E-state index in [1.54, 1.807) is 24.0 Å². The van der Waals surface area contributed by atoms with Crippen LogP contribution in [0.4, 0.5) is 0 Å². The fourth-order valence-electron chi connectivity index (χ4n) is 1.70. The Morgan fingerprint density at radius 3 is 2.85 bits per heavy atom. The van der Waals surface area contributed by atoms with Crippen molar-refractivity contribution >= 4 is 16.0 Å². The molecule has 2 heterocycles. The van der Waals surface area contributed by atoms with Crippen LogP contribution in [0.1, 0.15) is 16.2 Å². The molecule has 3 N–H and O–H groups in total. The molecule has 0 saturated carbocycles. The smallest absolute Gasteiger partial charge is 0.352 e. The summed E-state index contributed by atoms with van der Waals surface area (Å²) in [7, 11) is -1.94. The molecular weight excluding hydrogens is 284 g/mol. The monoisotopic (exact) mass is 298 g/mol. The number of aryl methyl sites for hydroxylation is 1. The summed E-state index contributed by atoms with van der Waals surface area (Å²) >= 11 is 0. The van der Waals surface area contributed by atoms with E-state index < -0.39 is 16.0 Å². The van der Waals surface area contributed by atoms with Gasteiger partial charge < -0.3 is 10.1 Å². The molecule has 0 aliphatic heterocycles. The van der Waals surface area contributed by atoms with E-state index in [0.29, 0.717) is 6.42 Å². The summed E-state index contributed by atoms with van der Waals surface area (Å²) < 4.78 is 27.9. The Kier molecular flexibility index (Phi) is 3.91. The lowest BCUT2D eigenvalue weighted by Crippen LogP contribution is -2.26. The highest BCUT2D eigenvalue weighted by molar-refractivity contribution is 7.89. The average Bonchev–Trinajstić information content (AvgIpc) is 2.99. The number of sulfonamides is 1. The van der Waals surface area contributed by atoms with Crippen molar-refractivity contribution in [3.63, 3.8) is 0 Å². The van der Waals surface area contributed by atoms with Gasteiger partial charge >= 0.3 is 5.97 Å². The molecule has 108 valence electrons. The Hall–Kier alpha value is -2.13. The van der Waals surface area contributed by atoms with Gasteiger partial charge in [0, 0.05) is 38.1 Å². The molecular formula is C11H14N4O4S. The first-order chi connectivity index (χ1) is 9.40. The van der Waals surface area contributed by atoms with Crippen molar-refractivity contribution in [2.45, 2.75) is 11.3 Å². The number of aromatic nitrogens is 3. The lowest BCUT2D eigenvalue weighted by molar-refractivity contribution is 0.0691. The summed E-state index contributed by atoms with van der Waals surface area (Å²) in [6.07, 6.45) is 3.27. The first kappa shape index (κ1) is 14.3. The number of carbonyl (C=O) groups is 1. The third kappa shape index (κ3) is 3.06. The van der Waals surface area contributed by atoms with Crippen molar-refractivity contribution in [3.8, 4) is 0 Å². The summed E-state index contributed by atoms with van der Waals surface area (Å²) in [6, 6.07) is 2.88. The van der Waals surface area contributed by atoms with E-state index in [1.807, 2.05) is 0 Å². The second-order valence-corrected chi connectivity index (χ2v) is 5.92. The van der Waals surface area contributed by atoms with E-state index in [0.717, 1.165) is 18.0 Å². The van der Waals surface area contributed by atoms with E-state index in [9.17, 15) is 13.2 Å². The number of aromatic carboxylic acids is 1. The lowest BCUT2D eigenvalue weighted by atomic mass is 10.3. The maximum atomic E-state index is 11.9. The molecule has 2 aromatic rings. The quantitative estimate of drug-likeness (QED) is 0.692. The van der Waals surface area contributed by atoms with Crippen LogP contribution in [-0.4, -0.2) is 40.8 Å². The molecule has 0 aromatic carbocycles. The molecule has 20 heavy (non-hydrogen) atoms. The number of nitrogens with one attached hydrogen (secondary N) is 2. The maximum absolute atomic E-state index is 11.9. The van der Waals surface area contributed by atoms with Gasteiger partial charge in [0.05, 0.1) is 0 Å². The Balaban J connectivity index is 2.00. The van der Waals surface area contributed by atoms with Gasteiger partial charge in [0.15, 0.2) is 0 Å². The van der Waals surface area contributed by atoms with Crippen LogP contribution in [0.15, 0.2) is 29.4 Å². The third-order valence-corrected chi connectivity index (χ3v) is 4.23. The van der Waals surface area contributed by atoms with Gasteiger partial charge in [0.2, 0.25) is 10.0 Å². The van der Waals surface area contributed by atoms with Gasteiger partial charge in [-0.2, -0.15) is 5.10 Å². The van der Waals surface area contributed by atoms with Gasteiger partial charge in [0.1, 0.15) is 10.6 Å². The van der Waals surface area contributed by atoms with Gasteiger partial charge in [-0.1, -0.05) is 0 Å². The maximum Gasteiger partial charge on any atom is 0.352 e. The number of carboxylic acids is 1. The van der Waals surface area contributed by atoms with E-state index in [1.165, 1.54) is 0 Å². The zero-order valence-corrected chi connectivity index (χ0v) is 11.5. The van der Waals surface area contributed by atoms with Crippen LogP contribution in [0.25, 0.3) is 0 Å². The van der Waals surface area contributed by atoms with Crippen molar-refractivity contribution in [3.05, 3.63) is 35.9 Å². The molecule has 0 aliphatic carbocycles. The van der Waals surface area contributed by atoms with Crippen molar-refractivity contribution in [2.24, 2.45) is 7.05 Å². The number of aromatic amines is 1. The Labute approximate surface area is 115 Å². The molecule has 8 nitrogen and oxygen atoms in total. The number of H-pyrrole nitrogens is 1. The highest BCUT2D eigenvalue weighted by Gasteiger charge is 2.17. The van der Waals surface area contributed by atoms with Gasteiger partial charge in [-0.15, -0.1) is 0 Å². The minimum absolute atomic E-state index is 0.0973. The van der Waals surface area contributed by atoms with E-state index in [4.69, 9.17) is 5.11 Å². The molecule has 0 atom stereocenters. The molecule has 0 amide bonds. The van der Waals surface area contributed by atoms with Crippen LogP contribution in [0.2, 0.25) is 0 Å². The van der Waals surface area contributed by atoms with Crippen LogP contribution < -0.4 is 4.72 Å². The average molecular weight is 298 g/mol.